The third-order valence-corrected chi connectivity index (χ3v) is 7.42. The third kappa shape index (κ3) is 6.31. The molecule has 2 N–H and O–H groups in total. The average Bonchev–Trinajstić information content (AvgIpc) is 2.75. The number of benzene rings is 2. The summed E-state index contributed by atoms with van der Waals surface area (Å²) in [7, 11) is -1.69. The Hall–Kier alpha value is -2.42. The number of sulfonamides is 1. The van der Waals surface area contributed by atoms with E-state index in [0.717, 1.165) is 50.3 Å². The highest BCUT2D eigenvalue weighted by atomic mass is 32.2. The van der Waals surface area contributed by atoms with Crippen LogP contribution in [0.3, 0.4) is 0 Å². The Kier molecular flexibility index (Phi) is 7.92. The van der Waals surface area contributed by atoms with Crippen LogP contribution in [0.15, 0.2) is 41.3 Å². The molecule has 1 saturated heterocycles. The molecule has 2 aromatic carbocycles. The van der Waals surface area contributed by atoms with Crippen molar-refractivity contribution in [1.82, 2.24) is 15.1 Å². The summed E-state index contributed by atoms with van der Waals surface area (Å²) < 4.78 is 28.8. The molecule has 0 spiro atoms. The normalized spacial score (nSPS) is 15.5. The van der Waals surface area contributed by atoms with Crippen LogP contribution in [0, 0.1) is 20.8 Å². The second kappa shape index (κ2) is 10.5. The second-order valence-electron chi connectivity index (χ2n) is 8.66. The Balaban J connectivity index is 1.62. The van der Waals surface area contributed by atoms with E-state index < -0.39 is 10.0 Å². The van der Waals surface area contributed by atoms with Gasteiger partial charge in [-0.25, -0.2) is 8.42 Å². The average molecular weight is 459 g/mol. The van der Waals surface area contributed by atoms with Crippen LogP contribution in [0.25, 0.3) is 0 Å². The van der Waals surface area contributed by atoms with Gasteiger partial charge in [-0.1, -0.05) is 18.2 Å². The van der Waals surface area contributed by atoms with Crippen molar-refractivity contribution in [3.63, 3.8) is 0 Å². The fraction of sp³-hybridized carbons (Fsp3) is 0.458. The lowest BCUT2D eigenvalue weighted by Crippen LogP contribution is -2.45. The molecule has 0 saturated carbocycles. The Morgan fingerprint density at radius 3 is 2.38 bits per heavy atom. The molecule has 1 aliphatic heterocycles. The minimum absolute atomic E-state index is 0.114. The molecule has 32 heavy (non-hydrogen) atoms. The first-order valence-electron chi connectivity index (χ1n) is 11.1. The molecule has 0 bridgehead atoms. The molecule has 3 rings (SSSR count). The van der Waals surface area contributed by atoms with Crippen molar-refractivity contribution in [1.29, 1.82) is 0 Å². The molecule has 0 unspecified atom stereocenters. The first kappa shape index (κ1) is 24.2. The van der Waals surface area contributed by atoms with E-state index in [4.69, 9.17) is 0 Å². The van der Waals surface area contributed by atoms with Gasteiger partial charge in [-0.3, -0.25) is 9.52 Å². The first-order chi connectivity index (χ1) is 15.2. The molecule has 7 nitrogen and oxygen atoms in total. The summed E-state index contributed by atoms with van der Waals surface area (Å²) in [6.07, 6.45) is 0.862. The molecular formula is C24H34N4O3S. The summed E-state index contributed by atoms with van der Waals surface area (Å²) in [6.45, 7) is 11.3. The highest BCUT2D eigenvalue weighted by Gasteiger charge is 2.20. The monoisotopic (exact) mass is 458 g/mol. The van der Waals surface area contributed by atoms with Gasteiger partial charge in [0.15, 0.2) is 0 Å². The van der Waals surface area contributed by atoms with Crippen LogP contribution in [-0.2, 0) is 10.0 Å². The van der Waals surface area contributed by atoms with E-state index in [2.05, 4.69) is 26.9 Å². The van der Waals surface area contributed by atoms with E-state index in [1.54, 1.807) is 25.1 Å². The predicted octanol–water partition coefficient (Wildman–Crippen LogP) is 2.78. The maximum Gasteiger partial charge on any atom is 0.262 e. The summed E-state index contributed by atoms with van der Waals surface area (Å²) >= 11 is 0. The number of nitrogens with zero attached hydrogens (tertiary/aromatic N) is 2. The van der Waals surface area contributed by atoms with Crippen LogP contribution < -0.4 is 10.0 Å². The third-order valence-electron chi connectivity index (χ3n) is 5.91. The summed E-state index contributed by atoms with van der Waals surface area (Å²) in [4.78, 5) is 17.5. The maximum absolute atomic E-state index is 13.1. The van der Waals surface area contributed by atoms with Crippen molar-refractivity contribution < 1.29 is 13.2 Å². The zero-order chi connectivity index (χ0) is 23.3. The number of hydrogen-bond donors (Lipinski definition) is 2. The lowest BCUT2D eigenvalue weighted by Gasteiger charge is -2.32. The highest BCUT2D eigenvalue weighted by Crippen LogP contribution is 2.24. The van der Waals surface area contributed by atoms with E-state index in [9.17, 15) is 13.2 Å². The van der Waals surface area contributed by atoms with Crippen LogP contribution in [-0.4, -0.2) is 70.4 Å². The number of anilines is 1. The molecule has 0 aromatic heterocycles. The summed E-state index contributed by atoms with van der Waals surface area (Å²) in [5, 5.41) is 2.92. The van der Waals surface area contributed by atoms with Gasteiger partial charge in [0.1, 0.15) is 0 Å². The molecule has 0 aliphatic carbocycles. The number of amides is 1. The molecule has 174 valence electrons. The fourth-order valence-corrected chi connectivity index (χ4v) is 5.15. The molecule has 1 heterocycles. The number of aryl methyl sites for hydroxylation is 3. The molecule has 8 heteroatoms. The first-order valence-corrected chi connectivity index (χ1v) is 12.5. The molecule has 1 aliphatic rings. The Labute approximate surface area is 191 Å². The largest absolute Gasteiger partial charge is 0.352 e. The van der Waals surface area contributed by atoms with Crippen LogP contribution in [0.2, 0.25) is 0 Å². The molecule has 1 amide bonds. The molecular weight excluding hydrogens is 424 g/mol. The summed E-state index contributed by atoms with van der Waals surface area (Å²) in [6, 6.07) is 10.4. The van der Waals surface area contributed by atoms with Crippen LogP contribution >= 0.6 is 0 Å². The number of carbonyl (C=O) groups excluding carboxylic acids is 1. The van der Waals surface area contributed by atoms with Gasteiger partial charge in [-0.2, -0.15) is 0 Å². The topological polar surface area (TPSA) is 81.7 Å². The number of piperazine rings is 1. The van der Waals surface area contributed by atoms with Gasteiger partial charge in [0.2, 0.25) is 0 Å². The van der Waals surface area contributed by atoms with Crippen LogP contribution in [0.4, 0.5) is 5.69 Å². The van der Waals surface area contributed by atoms with Crippen LogP contribution in [0.5, 0.6) is 0 Å². The maximum atomic E-state index is 13.1. The van der Waals surface area contributed by atoms with Gasteiger partial charge in [0, 0.05) is 38.3 Å². The fourth-order valence-electron chi connectivity index (χ4n) is 3.75. The molecule has 2 aromatic rings. The standard InChI is InChI=1S/C24H34N4O3S/c1-18-6-7-19(2)22(16-18)26-32(30,31)23-17-21(9-8-20(23)3)24(29)25-10-5-11-28-14-12-27(4)13-15-28/h6-9,16-17,26H,5,10-15H2,1-4H3,(H,25,29). The predicted molar refractivity (Wildman–Crippen MR) is 129 cm³/mol. The quantitative estimate of drug-likeness (QED) is 0.595. The summed E-state index contributed by atoms with van der Waals surface area (Å²) in [5.74, 6) is -0.258. The minimum atomic E-state index is -3.82. The van der Waals surface area contributed by atoms with Gasteiger partial charge in [-0.15, -0.1) is 0 Å². The van der Waals surface area contributed by atoms with E-state index in [1.165, 1.54) is 6.07 Å². The van der Waals surface area contributed by atoms with Crippen molar-refractivity contribution in [3.8, 4) is 0 Å². The van der Waals surface area contributed by atoms with Crippen molar-refractivity contribution in [2.24, 2.45) is 0 Å². The van der Waals surface area contributed by atoms with E-state index in [-0.39, 0.29) is 10.8 Å². The number of nitrogens with one attached hydrogen (secondary N) is 2. The minimum Gasteiger partial charge on any atom is -0.352 e. The summed E-state index contributed by atoms with van der Waals surface area (Å²) in [5.41, 5.74) is 3.29. The lowest BCUT2D eigenvalue weighted by molar-refractivity contribution is 0.0949. The van der Waals surface area contributed by atoms with Gasteiger partial charge >= 0.3 is 0 Å². The zero-order valence-corrected chi connectivity index (χ0v) is 20.3. The van der Waals surface area contributed by atoms with Gasteiger partial charge in [-0.05, 0) is 75.7 Å². The number of carbonyl (C=O) groups is 1. The van der Waals surface area contributed by atoms with Crippen molar-refractivity contribution >= 4 is 21.6 Å². The van der Waals surface area contributed by atoms with Gasteiger partial charge in [0.05, 0.1) is 10.6 Å². The zero-order valence-electron chi connectivity index (χ0n) is 19.4. The van der Waals surface area contributed by atoms with Crippen LogP contribution in [0.1, 0.15) is 33.5 Å². The Morgan fingerprint density at radius 2 is 1.66 bits per heavy atom. The smallest absolute Gasteiger partial charge is 0.262 e. The SMILES string of the molecule is Cc1ccc(C)c(NS(=O)(=O)c2cc(C(=O)NCCCN3CCN(C)CC3)ccc2C)c1. The van der Waals surface area contributed by atoms with Crippen molar-refractivity contribution in [2.45, 2.75) is 32.1 Å². The molecule has 0 atom stereocenters. The Bertz CT molecular complexity index is 1060. The van der Waals surface area contributed by atoms with Gasteiger partial charge in [0.25, 0.3) is 15.9 Å². The van der Waals surface area contributed by atoms with Crippen molar-refractivity contribution in [3.05, 3.63) is 58.7 Å². The van der Waals surface area contributed by atoms with E-state index >= 15 is 0 Å². The number of rotatable bonds is 8. The van der Waals surface area contributed by atoms with E-state index in [0.29, 0.717) is 23.4 Å². The molecule has 1 fully saturated rings. The second-order valence-corrected chi connectivity index (χ2v) is 10.3. The Morgan fingerprint density at radius 1 is 0.969 bits per heavy atom. The highest BCUT2D eigenvalue weighted by molar-refractivity contribution is 7.92. The molecule has 0 radical (unpaired) electrons. The number of likely N-dealkylation sites (N-methyl/N-ethyl adjacent to an activating group) is 1. The van der Waals surface area contributed by atoms with Gasteiger partial charge < -0.3 is 15.1 Å². The lowest BCUT2D eigenvalue weighted by atomic mass is 10.1. The van der Waals surface area contributed by atoms with Crippen molar-refractivity contribution in [2.75, 3.05) is 51.0 Å². The van der Waals surface area contributed by atoms with E-state index in [1.807, 2.05) is 26.0 Å². The number of hydrogen-bond acceptors (Lipinski definition) is 5.